The molecule has 0 N–H and O–H groups in total. The van der Waals surface area contributed by atoms with Gasteiger partial charge in [0.05, 0.1) is 10.4 Å². The second-order valence-electron chi connectivity index (χ2n) is 6.46. The zero-order valence-corrected chi connectivity index (χ0v) is 14.1. The minimum Gasteiger partial charge on any atom is -0.311 e. The molecule has 2 atom stereocenters. The molecule has 2 aromatic heterocycles. The van der Waals surface area contributed by atoms with Crippen LogP contribution < -0.4 is 0 Å². The van der Waals surface area contributed by atoms with E-state index >= 15 is 0 Å². The average Bonchev–Trinajstić information content (AvgIpc) is 2.66. The molecule has 5 heteroatoms. The van der Waals surface area contributed by atoms with Gasteiger partial charge in [-0.1, -0.05) is 39.3 Å². The lowest BCUT2D eigenvalue weighted by Crippen LogP contribution is -2.23. The van der Waals surface area contributed by atoms with Crippen molar-refractivity contribution in [3.8, 4) is 0 Å². The number of imidazole rings is 1. The van der Waals surface area contributed by atoms with Gasteiger partial charge in [0.25, 0.3) is 0 Å². The maximum atomic E-state index is 6.27. The first-order valence-electron chi connectivity index (χ1n) is 6.86. The van der Waals surface area contributed by atoms with Gasteiger partial charge in [-0.2, -0.15) is 0 Å². The molecule has 20 heavy (non-hydrogen) atoms. The molecular formula is C15H21Cl2N3. The number of halogens is 2. The van der Waals surface area contributed by atoms with Crippen molar-refractivity contribution in [2.75, 3.05) is 0 Å². The summed E-state index contributed by atoms with van der Waals surface area (Å²) in [5.74, 6) is 1.33. The third-order valence-electron chi connectivity index (χ3n) is 3.87. The van der Waals surface area contributed by atoms with Gasteiger partial charge >= 0.3 is 0 Å². The van der Waals surface area contributed by atoms with E-state index in [1.165, 1.54) is 0 Å². The van der Waals surface area contributed by atoms with E-state index in [0.29, 0.717) is 10.9 Å². The number of aromatic nitrogens is 3. The molecule has 0 aliphatic heterocycles. The number of alkyl halides is 1. The Morgan fingerprint density at radius 3 is 2.50 bits per heavy atom. The van der Waals surface area contributed by atoms with Gasteiger partial charge in [0.15, 0.2) is 5.65 Å². The van der Waals surface area contributed by atoms with Gasteiger partial charge in [-0.25, -0.2) is 9.97 Å². The summed E-state index contributed by atoms with van der Waals surface area (Å²) >= 11 is 12.3. The fourth-order valence-corrected chi connectivity index (χ4v) is 2.35. The standard InChI is InChI=1S/C15H21Cl2N3/c1-9(15(3,4)5)8-20-13(10(2)16)19-12-6-11(17)7-18-14(12)20/h6-7,9-10H,8H2,1-5H3. The molecule has 0 fully saturated rings. The van der Waals surface area contributed by atoms with Crippen LogP contribution in [0.4, 0.5) is 0 Å². The highest BCUT2D eigenvalue weighted by Gasteiger charge is 2.24. The highest BCUT2D eigenvalue weighted by Crippen LogP contribution is 2.31. The van der Waals surface area contributed by atoms with Gasteiger partial charge in [0, 0.05) is 12.7 Å². The predicted molar refractivity (Wildman–Crippen MR) is 85.4 cm³/mol. The van der Waals surface area contributed by atoms with Gasteiger partial charge < -0.3 is 4.57 Å². The minimum absolute atomic E-state index is 0.157. The number of rotatable bonds is 3. The lowest BCUT2D eigenvalue weighted by atomic mass is 9.82. The number of fused-ring (bicyclic) bond motifs is 1. The maximum absolute atomic E-state index is 6.27. The molecule has 0 saturated heterocycles. The number of nitrogens with zero attached hydrogens (tertiary/aromatic N) is 3. The van der Waals surface area contributed by atoms with Crippen LogP contribution in [0.5, 0.6) is 0 Å². The smallest absolute Gasteiger partial charge is 0.160 e. The van der Waals surface area contributed by atoms with Crippen LogP contribution in [-0.2, 0) is 6.54 Å². The molecule has 0 saturated carbocycles. The van der Waals surface area contributed by atoms with Crippen LogP contribution in [0.15, 0.2) is 12.3 Å². The van der Waals surface area contributed by atoms with Crippen LogP contribution in [0.2, 0.25) is 5.02 Å². The van der Waals surface area contributed by atoms with Gasteiger partial charge in [0.1, 0.15) is 11.3 Å². The van der Waals surface area contributed by atoms with Crippen molar-refractivity contribution in [3.05, 3.63) is 23.1 Å². The monoisotopic (exact) mass is 313 g/mol. The Bertz CT molecular complexity index is 611. The molecule has 0 spiro atoms. The molecule has 2 unspecified atom stereocenters. The summed E-state index contributed by atoms with van der Waals surface area (Å²) < 4.78 is 2.12. The van der Waals surface area contributed by atoms with Gasteiger partial charge in [-0.3, -0.25) is 0 Å². The summed E-state index contributed by atoms with van der Waals surface area (Å²) in [6.07, 6.45) is 1.66. The number of hydrogen-bond acceptors (Lipinski definition) is 2. The first kappa shape index (κ1) is 15.6. The van der Waals surface area contributed by atoms with Crippen LogP contribution in [-0.4, -0.2) is 14.5 Å². The van der Waals surface area contributed by atoms with Gasteiger partial charge in [-0.15, -0.1) is 11.6 Å². The van der Waals surface area contributed by atoms with E-state index in [4.69, 9.17) is 23.2 Å². The highest BCUT2D eigenvalue weighted by atomic mass is 35.5. The molecule has 2 rings (SSSR count). The third kappa shape index (κ3) is 3.09. The van der Waals surface area contributed by atoms with Gasteiger partial charge in [0.2, 0.25) is 0 Å². The molecule has 2 heterocycles. The molecule has 2 aromatic rings. The fourth-order valence-electron chi connectivity index (χ4n) is 2.04. The van der Waals surface area contributed by atoms with Crippen molar-refractivity contribution in [1.82, 2.24) is 14.5 Å². The molecule has 0 amide bonds. The molecule has 0 aliphatic carbocycles. The summed E-state index contributed by atoms with van der Waals surface area (Å²) in [5, 5.41) is 0.440. The van der Waals surface area contributed by atoms with Crippen molar-refractivity contribution in [2.24, 2.45) is 11.3 Å². The Morgan fingerprint density at radius 1 is 1.30 bits per heavy atom. The molecular weight excluding hydrogens is 293 g/mol. The molecule has 0 radical (unpaired) electrons. The van der Waals surface area contributed by atoms with Crippen LogP contribution >= 0.6 is 23.2 Å². The van der Waals surface area contributed by atoms with Crippen molar-refractivity contribution < 1.29 is 0 Å². The number of pyridine rings is 1. The lowest BCUT2D eigenvalue weighted by molar-refractivity contribution is 0.232. The van der Waals surface area contributed by atoms with Crippen molar-refractivity contribution >= 4 is 34.4 Å². The van der Waals surface area contributed by atoms with E-state index in [1.807, 2.05) is 13.0 Å². The van der Waals surface area contributed by atoms with E-state index in [2.05, 4.69) is 42.2 Å². The van der Waals surface area contributed by atoms with Crippen molar-refractivity contribution in [1.29, 1.82) is 0 Å². The normalized spacial score (nSPS) is 15.6. The largest absolute Gasteiger partial charge is 0.311 e. The van der Waals surface area contributed by atoms with Crippen LogP contribution in [0.1, 0.15) is 45.8 Å². The van der Waals surface area contributed by atoms with Crippen LogP contribution in [0.3, 0.4) is 0 Å². The topological polar surface area (TPSA) is 30.7 Å². The quantitative estimate of drug-likeness (QED) is 0.741. The lowest BCUT2D eigenvalue weighted by Gasteiger charge is -2.28. The van der Waals surface area contributed by atoms with Crippen molar-refractivity contribution in [2.45, 2.75) is 46.5 Å². The second kappa shape index (κ2) is 5.53. The van der Waals surface area contributed by atoms with E-state index in [1.54, 1.807) is 6.20 Å². The number of hydrogen-bond donors (Lipinski definition) is 0. The Kier molecular flexibility index (Phi) is 4.31. The highest BCUT2D eigenvalue weighted by molar-refractivity contribution is 6.31. The summed E-state index contributed by atoms with van der Waals surface area (Å²) in [7, 11) is 0. The summed E-state index contributed by atoms with van der Waals surface area (Å²) in [6.45, 7) is 11.7. The van der Waals surface area contributed by atoms with E-state index in [-0.39, 0.29) is 10.8 Å². The van der Waals surface area contributed by atoms with Crippen molar-refractivity contribution in [3.63, 3.8) is 0 Å². The van der Waals surface area contributed by atoms with Crippen LogP contribution in [0.25, 0.3) is 11.2 Å². The minimum atomic E-state index is -0.157. The average molecular weight is 314 g/mol. The van der Waals surface area contributed by atoms with E-state index in [9.17, 15) is 0 Å². The van der Waals surface area contributed by atoms with Crippen LogP contribution in [0, 0.1) is 11.3 Å². The molecule has 0 bridgehead atoms. The molecule has 3 nitrogen and oxygen atoms in total. The zero-order valence-electron chi connectivity index (χ0n) is 12.6. The summed E-state index contributed by atoms with van der Waals surface area (Å²) in [4.78, 5) is 9.02. The summed E-state index contributed by atoms with van der Waals surface area (Å²) in [5.41, 5.74) is 1.88. The second-order valence-corrected chi connectivity index (χ2v) is 7.55. The molecule has 0 aliphatic rings. The van der Waals surface area contributed by atoms with Gasteiger partial charge in [-0.05, 0) is 24.3 Å². The Hall–Kier alpha value is -0.800. The SMILES string of the molecule is CC(Cl)c1nc2cc(Cl)cnc2n1CC(C)C(C)(C)C. The third-order valence-corrected chi connectivity index (χ3v) is 4.27. The van der Waals surface area contributed by atoms with E-state index < -0.39 is 0 Å². The maximum Gasteiger partial charge on any atom is 0.160 e. The Labute approximate surface area is 130 Å². The van der Waals surface area contributed by atoms with E-state index in [0.717, 1.165) is 23.5 Å². The predicted octanol–water partition coefficient (Wildman–Crippen LogP) is 5.07. The first-order chi connectivity index (χ1) is 9.20. The molecule has 110 valence electrons. The Morgan fingerprint density at radius 2 is 1.95 bits per heavy atom. The fraction of sp³-hybridized carbons (Fsp3) is 0.600. The first-order valence-corrected chi connectivity index (χ1v) is 7.67. The summed E-state index contributed by atoms with van der Waals surface area (Å²) in [6, 6.07) is 1.84. The Balaban J connectivity index is 2.52. The zero-order chi connectivity index (χ0) is 15.1. The molecule has 0 aromatic carbocycles.